The molecule has 4 nitrogen and oxygen atoms in total. The Morgan fingerprint density at radius 3 is 2.57 bits per heavy atom. The highest BCUT2D eigenvalue weighted by Gasteiger charge is 2.20. The average Bonchev–Trinajstić information content (AvgIpc) is 2.76. The number of fused-ring (bicyclic) bond motifs is 1. The second-order valence-electron chi connectivity index (χ2n) is 6.09. The van der Waals surface area contributed by atoms with Gasteiger partial charge >= 0.3 is 0 Å². The molecule has 0 aliphatic carbocycles. The first-order chi connectivity index (χ1) is 9.91. The van der Waals surface area contributed by atoms with E-state index in [9.17, 15) is 4.79 Å². The fourth-order valence-corrected chi connectivity index (χ4v) is 2.61. The molecule has 0 bridgehead atoms. The van der Waals surface area contributed by atoms with Crippen molar-refractivity contribution in [2.45, 2.75) is 19.9 Å². The molecule has 1 unspecified atom stereocenters. The summed E-state index contributed by atoms with van der Waals surface area (Å²) >= 11 is 0. The number of amides is 1. The van der Waals surface area contributed by atoms with Crippen LogP contribution in [-0.2, 0) is 11.8 Å². The standard InChI is InChI=1S/C17H25N3O/c1-12(2)17(21)18-10-16(19(3)4)14-11-20(5)15-9-7-6-8-13(14)15/h6-9,11-12,16H,10H2,1-5H3,(H,18,21). The molecule has 0 saturated heterocycles. The maximum Gasteiger partial charge on any atom is 0.222 e. The Kier molecular flexibility index (Phi) is 4.68. The van der Waals surface area contributed by atoms with Gasteiger partial charge in [0.05, 0.1) is 6.04 Å². The number of para-hydroxylation sites is 1. The number of aromatic nitrogens is 1. The number of rotatable bonds is 5. The van der Waals surface area contributed by atoms with Crippen LogP contribution in [0.2, 0.25) is 0 Å². The first kappa shape index (κ1) is 15.6. The molecule has 1 N–H and O–H groups in total. The maximum absolute atomic E-state index is 11.8. The smallest absolute Gasteiger partial charge is 0.222 e. The van der Waals surface area contributed by atoms with E-state index >= 15 is 0 Å². The van der Waals surface area contributed by atoms with Gasteiger partial charge in [0.2, 0.25) is 5.91 Å². The normalized spacial score (nSPS) is 13.1. The number of benzene rings is 1. The van der Waals surface area contributed by atoms with Gasteiger partial charge in [-0.1, -0.05) is 32.0 Å². The number of carbonyl (C=O) groups excluding carboxylic acids is 1. The predicted molar refractivity (Wildman–Crippen MR) is 87.2 cm³/mol. The van der Waals surface area contributed by atoms with Crippen LogP contribution in [0.3, 0.4) is 0 Å². The summed E-state index contributed by atoms with van der Waals surface area (Å²) in [5.74, 6) is 0.113. The number of nitrogens with zero attached hydrogens (tertiary/aromatic N) is 2. The molecule has 0 spiro atoms. The van der Waals surface area contributed by atoms with Crippen molar-refractivity contribution >= 4 is 16.8 Å². The number of likely N-dealkylation sites (N-methyl/N-ethyl adjacent to an activating group) is 1. The van der Waals surface area contributed by atoms with Crippen molar-refractivity contribution in [3.05, 3.63) is 36.0 Å². The summed E-state index contributed by atoms with van der Waals surface area (Å²) in [6.07, 6.45) is 2.16. The predicted octanol–water partition coefficient (Wildman–Crippen LogP) is 2.55. The van der Waals surface area contributed by atoms with Crippen LogP contribution in [0.25, 0.3) is 10.9 Å². The van der Waals surface area contributed by atoms with Gasteiger partial charge in [0, 0.05) is 36.6 Å². The van der Waals surface area contributed by atoms with Crippen LogP contribution in [0.4, 0.5) is 0 Å². The molecule has 0 saturated carbocycles. The van der Waals surface area contributed by atoms with E-state index in [2.05, 4.69) is 52.3 Å². The molecule has 1 atom stereocenters. The van der Waals surface area contributed by atoms with E-state index < -0.39 is 0 Å². The molecule has 0 fully saturated rings. The molecular formula is C17H25N3O. The second-order valence-corrected chi connectivity index (χ2v) is 6.09. The number of nitrogens with one attached hydrogen (secondary N) is 1. The Labute approximate surface area is 126 Å². The highest BCUT2D eigenvalue weighted by Crippen LogP contribution is 2.28. The van der Waals surface area contributed by atoms with E-state index in [0.717, 1.165) is 0 Å². The van der Waals surface area contributed by atoms with Gasteiger partial charge in [0.15, 0.2) is 0 Å². The first-order valence-electron chi connectivity index (χ1n) is 7.40. The first-order valence-corrected chi connectivity index (χ1v) is 7.40. The largest absolute Gasteiger partial charge is 0.354 e. The minimum atomic E-state index is 0.0142. The van der Waals surface area contributed by atoms with Gasteiger partial charge in [0.25, 0.3) is 0 Å². The highest BCUT2D eigenvalue weighted by atomic mass is 16.1. The summed E-state index contributed by atoms with van der Waals surface area (Å²) in [4.78, 5) is 14.0. The maximum atomic E-state index is 11.8. The lowest BCUT2D eigenvalue weighted by atomic mass is 10.0. The Bertz CT molecular complexity index is 628. The molecule has 114 valence electrons. The van der Waals surface area contributed by atoms with Crippen molar-refractivity contribution in [3.8, 4) is 0 Å². The van der Waals surface area contributed by atoms with E-state index in [0.29, 0.717) is 6.54 Å². The topological polar surface area (TPSA) is 37.3 Å². The Morgan fingerprint density at radius 1 is 1.29 bits per heavy atom. The lowest BCUT2D eigenvalue weighted by Crippen LogP contribution is -2.36. The molecular weight excluding hydrogens is 262 g/mol. The summed E-state index contributed by atoms with van der Waals surface area (Å²) in [5.41, 5.74) is 2.47. The lowest BCUT2D eigenvalue weighted by molar-refractivity contribution is -0.124. The summed E-state index contributed by atoms with van der Waals surface area (Å²) < 4.78 is 2.14. The monoisotopic (exact) mass is 287 g/mol. The number of carbonyl (C=O) groups is 1. The molecule has 1 amide bonds. The molecule has 0 aliphatic rings. The minimum Gasteiger partial charge on any atom is -0.354 e. The van der Waals surface area contributed by atoms with E-state index in [4.69, 9.17) is 0 Å². The SMILES string of the molecule is CC(C)C(=O)NCC(c1cn(C)c2ccccc12)N(C)C. The van der Waals surface area contributed by atoms with Gasteiger partial charge in [-0.15, -0.1) is 0 Å². The fourth-order valence-electron chi connectivity index (χ4n) is 2.61. The Hall–Kier alpha value is -1.81. The molecule has 1 aromatic heterocycles. The van der Waals surface area contributed by atoms with Crippen LogP contribution < -0.4 is 5.32 Å². The van der Waals surface area contributed by atoms with Crippen LogP contribution in [-0.4, -0.2) is 36.0 Å². The van der Waals surface area contributed by atoms with E-state index in [-0.39, 0.29) is 17.9 Å². The molecule has 1 aromatic carbocycles. The third kappa shape index (κ3) is 3.27. The molecule has 4 heteroatoms. The molecule has 2 rings (SSSR count). The van der Waals surface area contributed by atoms with E-state index in [1.165, 1.54) is 16.5 Å². The van der Waals surface area contributed by atoms with E-state index in [1.54, 1.807) is 0 Å². The summed E-state index contributed by atoms with van der Waals surface area (Å²) in [7, 11) is 6.16. The van der Waals surface area contributed by atoms with Gasteiger partial charge in [-0.2, -0.15) is 0 Å². The second kappa shape index (κ2) is 6.31. The quantitative estimate of drug-likeness (QED) is 0.917. The van der Waals surface area contributed by atoms with Crippen molar-refractivity contribution in [2.24, 2.45) is 13.0 Å². The lowest BCUT2D eigenvalue weighted by Gasteiger charge is -2.25. The zero-order chi connectivity index (χ0) is 15.6. The molecule has 2 aromatic rings. The third-order valence-electron chi connectivity index (χ3n) is 3.90. The average molecular weight is 287 g/mol. The molecule has 1 heterocycles. The fraction of sp³-hybridized carbons (Fsp3) is 0.471. The van der Waals surface area contributed by atoms with Gasteiger partial charge in [-0.3, -0.25) is 4.79 Å². The van der Waals surface area contributed by atoms with Crippen LogP contribution in [0.5, 0.6) is 0 Å². The minimum absolute atomic E-state index is 0.0142. The van der Waals surface area contributed by atoms with Crippen molar-refractivity contribution in [3.63, 3.8) is 0 Å². The van der Waals surface area contributed by atoms with Crippen LogP contribution >= 0.6 is 0 Å². The molecule has 0 aliphatic heterocycles. The zero-order valence-electron chi connectivity index (χ0n) is 13.6. The molecule has 0 radical (unpaired) electrons. The van der Waals surface area contributed by atoms with Crippen molar-refractivity contribution in [2.75, 3.05) is 20.6 Å². The molecule has 21 heavy (non-hydrogen) atoms. The van der Waals surface area contributed by atoms with Crippen molar-refractivity contribution in [1.29, 1.82) is 0 Å². The number of hydrogen-bond donors (Lipinski definition) is 1. The van der Waals surface area contributed by atoms with Gasteiger partial charge in [0.1, 0.15) is 0 Å². The van der Waals surface area contributed by atoms with Crippen molar-refractivity contribution < 1.29 is 4.79 Å². The Morgan fingerprint density at radius 2 is 1.95 bits per heavy atom. The third-order valence-corrected chi connectivity index (χ3v) is 3.90. The van der Waals surface area contributed by atoms with Crippen LogP contribution in [0.15, 0.2) is 30.5 Å². The Balaban J connectivity index is 2.31. The van der Waals surface area contributed by atoms with Crippen molar-refractivity contribution in [1.82, 2.24) is 14.8 Å². The summed E-state index contributed by atoms with van der Waals surface area (Å²) in [6.45, 7) is 4.45. The highest BCUT2D eigenvalue weighted by molar-refractivity contribution is 5.84. The van der Waals surface area contributed by atoms with Gasteiger partial charge in [-0.05, 0) is 25.7 Å². The summed E-state index contributed by atoms with van der Waals surface area (Å²) in [5, 5.41) is 4.29. The summed E-state index contributed by atoms with van der Waals surface area (Å²) in [6, 6.07) is 8.55. The van der Waals surface area contributed by atoms with Crippen LogP contribution in [0.1, 0.15) is 25.5 Å². The van der Waals surface area contributed by atoms with Gasteiger partial charge < -0.3 is 14.8 Å². The van der Waals surface area contributed by atoms with Crippen LogP contribution in [0, 0.1) is 5.92 Å². The number of hydrogen-bond acceptors (Lipinski definition) is 2. The van der Waals surface area contributed by atoms with E-state index in [1.807, 2.05) is 27.9 Å². The van der Waals surface area contributed by atoms with Gasteiger partial charge in [-0.25, -0.2) is 0 Å². The zero-order valence-corrected chi connectivity index (χ0v) is 13.6. The number of aryl methyl sites for hydroxylation is 1.